The molecule has 1 aromatic heterocycles. The molecule has 0 radical (unpaired) electrons. The van der Waals surface area contributed by atoms with Crippen molar-refractivity contribution in [2.75, 3.05) is 10.6 Å². The number of anilines is 2. The number of rotatable bonds is 5. The molecule has 0 unspecified atom stereocenters. The molecule has 32 heavy (non-hydrogen) atoms. The molecule has 1 aliphatic carbocycles. The molecule has 7 heteroatoms. The molecule has 0 spiro atoms. The van der Waals surface area contributed by atoms with Gasteiger partial charge in [-0.2, -0.15) is 0 Å². The first-order chi connectivity index (χ1) is 15.5. The van der Waals surface area contributed by atoms with Crippen molar-refractivity contribution in [3.05, 3.63) is 83.7 Å². The lowest BCUT2D eigenvalue weighted by molar-refractivity contribution is -0.114. The number of nitrogens with one attached hydrogen (secondary N) is 3. The first-order valence-electron chi connectivity index (χ1n) is 10.3. The van der Waals surface area contributed by atoms with E-state index in [1.54, 1.807) is 0 Å². The van der Waals surface area contributed by atoms with Gasteiger partial charge in [0.1, 0.15) is 5.82 Å². The van der Waals surface area contributed by atoms with Crippen molar-refractivity contribution in [2.45, 2.75) is 19.8 Å². The van der Waals surface area contributed by atoms with E-state index in [0.717, 1.165) is 22.2 Å². The summed E-state index contributed by atoms with van der Waals surface area (Å²) in [5.41, 5.74) is 10.6. The van der Waals surface area contributed by atoms with Gasteiger partial charge in [0, 0.05) is 59.6 Å². The van der Waals surface area contributed by atoms with Crippen LogP contribution in [0.5, 0.6) is 0 Å². The van der Waals surface area contributed by atoms with Gasteiger partial charge in [0.2, 0.25) is 5.91 Å². The maximum absolute atomic E-state index is 11.4. The van der Waals surface area contributed by atoms with Crippen molar-refractivity contribution in [3.8, 4) is 11.4 Å². The van der Waals surface area contributed by atoms with E-state index < -0.39 is 0 Å². The molecule has 160 valence electrons. The van der Waals surface area contributed by atoms with Crippen LogP contribution < -0.4 is 16.4 Å². The lowest BCUT2D eigenvalue weighted by Crippen LogP contribution is -2.08. The number of allylic oxidation sites excluding steroid dienone is 4. The Kier molecular flexibility index (Phi) is 6.07. The van der Waals surface area contributed by atoms with Crippen molar-refractivity contribution in [1.29, 1.82) is 5.41 Å². The highest BCUT2D eigenvalue weighted by Gasteiger charge is 2.12. The third kappa shape index (κ3) is 4.73. The van der Waals surface area contributed by atoms with Gasteiger partial charge in [0.15, 0.2) is 5.82 Å². The predicted molar refractivity (Wildman–Crippen MR) is 129 cm³/mol. The molecule has 0 saturated heterocycles. The number of benzene rings is 2. The average Bonchev–Trinajstić information content (AvgIpc) is 2.78. The molecular weight excluding hydrogens is 400 g/mol. The molecule has 0 bridgehead atoms. The van der Waals surface area contributed by atoms with E-state index in [0.29, 0.717) is 41.4 Å². The quantitative estimate of drug-likeness (QED) is 0.348. The summed E-state index contributed by atoms with van der Waals surface area (Å²) in [4.78, 5) is 21.0. The Hall–Kier alpha value is -4.26. The molecule has 3 aromatic rings. The van der Waals surface area contributed by atoms with E-state index in [4.69, 9.17) is 21.1 Å². The standard InChI is InChI=1S/C25H24N6O/c1-16(32)28-19-9-6-7-17(13-19)24-30-23-12-5-3-10-21(23)25(31-24)29-20-8-2-4-11-22(27)18(14-20)15-26/h2-7,9-10,12-15,26H,8,11,27H2,1H3,(H,28,32)(H,29,30,31)/b4-2?,20-14+,22-18-,26-15?. The van der Waals surface area contributed by atoms with E-state index in [1.807, 2.05) is 66.8 Å². The van der Waals surface area contributed by atoms with Crippen LogP contribution in [0.3, 0.4) is 0 Å². The molecule has 0 fully saturated rings. The first-order valence-corrected chi connectivity index (χ1v) is 10.3. The maximum atomic E-state index is 11.4. The molecule has 7 nitrogen and oxygen atoms in total. The maximum Gasteiger partial charge on any atom is 0.221 e. The minimum Gasteiger partial charge on any atom is -0.401 e. The fourth-order valence-corrected chi connectivity index (χ4v) is 3.49. The minimum atomic E-state index is -0.137. The topological polar surface area (TPSA) is 117 Å². The summed E-state index contributed by atoms with van der Waals surface area (Å²) in [5, 5.41) is 14.8. The first kappa shape index (κ1) is 21.0. The monoisotopic (exact) mass is 424 g/mol. The Balaban J connectivity index is 1.79. The number of carbonyl (C=O) groups is 1. The molecule has 0 aliphatic heterocycles. The second kappa shape index (κ2) is 9.26. The molecule has 1 amide bonds. The second-order valence-electron chi connectivity index (χ2n) is 7.47. The van der Waals surface area contributed by atoms with E-state index >= 15 is 0 Å². The number of nitrogens with two attached hydrogens (primary N) is 1. The van der Waals surface area contributed by atoms with Crippen LogP contribution in [-0.4, -0.2) is 22.1 Å². The number of hydrogen-bond acceptors (Lipinski definition) is 6. The van der Waals surface area contributed by atoms with Crippen LogP contribution in [-0.2, 0) is 4.79 Å². The number of amides is 1. The summed E-state index contributed by atoms with van der Waals surface area (Å²) in [7, 11) is 0. The summed E-state index contributed by atoms with van der Waals surface area (Å²) < 4.78 is 0. The van der Waals surface area contributed by atoms with Crippen molar-refractivity contribution in [1.82, 2.24) is 9.97 Å². The molecule has 1 aliphatic rings. The summed E-state index contributed by atoms with van der Waals surface area (Å²) >= 11 is 0. The molecule has 5 N–H and O–H groups in total. The Labute approximate surface area is 186 Å². The second-order valence-corrected chi connectivity index (χ2v) is 7.47. The lowest BCUT2D eigenvalue weighted by Gasteiger charge is -2.15. The summed E-state index contributed by atoms with van der Waals surface area (Å²) in [6.07, 6.45) is 8.50. The number of carbonyl (C=O) groups excluding carboxylic acids is 1. The third-order valence-electron chi connectivity index (χ3n) is 5.02. The molecule has 0 atom stereocenters. The van der Waals surface area contributed by atoms with Crippen molar-refractivity contribution in [3.63, 3.8) is 0 Å². The Morgan fingerprint density at radius 3 is 2.72 bits per heavy atom. The Morgan fingerprint density at radius 2 is 1.91 bits per heavy atom. The van der Waals surface area contributed by atoms with Gasteiger partial charge in [0.05, 0.1) is 5.52 Å². The number of hydrogen-bond donors (Lipinski definition) is 4. The minimum absolute atomic E-state index is 0.137. The van der Waals surface area contributed by atoms with Crippen LogP contribution in [0.2, 0.25) is 0 Å². The molecular formula is C25H24N6O. The van der Waals surface area contributed by atoms with Crippen molar-refractivity contribution >= 4 is 34.5 Å². The molecule has 4 rings (SSSR count). The zero-order valence-electron chi connectivity index (χ0n) is 17.7. The number of fused-ring (bicyclic) bond motifs is 1. The number of aromatic nitrogens is 2. The molecule has 2 aromatic carbocycles. The number of para-hydroxylation sites is 1. The SMILES string of the molecule is CC(=O)Nc1cccc(-c2nc(N/C3=C/C(C=N)=C(/N)CC=CC3)c3ccccc3n2)c1. The fraction of sp³-hybridized carbons (Fsp3) is 0.120. The van der Waals surface area contributed by atoms with Crippen molar-refractivity contribution in [2.24, 2.45) is 5.73 Å². The van der Waals surface area contributed by atoms with E-state index in [1.165, 1.54) is 13.1 Å². The van der Waals surface area contributed by atoms with Gasteiger partial charge in [-0.05, 0) is 30.3 Å². The van der Waals surface area contributed by atoms with Gasteiger partial charge in [0.25, 0.3) is 0 Å². The van der Waals surface area contributed by atoms with Crippen molar-refractivity contribution < 1.29 is 4.79 Å². The molecule has 0 saturated carbocycles. The van der Waals surface area contributed by atoms with Crippen LogP contribution >= 0.6 is 0 Å². The van der Waals surface area contributed by atoms with Gasteiger partial charge >= 0.3 is 0 Å². The molecule has 1 heterocycles. The van der Waals surface area contributed by atoms with Gasteiger partial charge in [-0.25, -0.2) is 9.97 Å². The number of nitrogens with zero attached hydrogens (tertiary/aromatic N) is 2. The van der Waals surface area contributed by atoms with Gasteiger partial charge in [-0.1, -0.05) is 36.4 Å². The van der Waals surface area contributed by atoms with Crippen LogP contribution in [0.25, 0.3) is 22.3 Å². The van der Waals surface area contributed by atoms with Crippen LogP contribution in [0.1, 0.15) is 19.8 Å². The fourth-order valence-electron chi connectivity index (χ4n) is 3.49. The van der Waals surface area contributed by atoms with Crippen LogP contribution in [0.4, 0.5) is 11.5 Å². The summed E-state index contributed by atoms with van der Waals surface area (Å²) in [6.45, 7) is 1.47. The predicted octanol–water partition coefficient (Wildman–Crippen LogP) is 4.76. The highest BCUT2D eigenvalue weighted by atomic mass is 16.1. The largest absolute Gasteiger partial charge is 0.401 e. The van der Waals surface area contributed by atoms with Crippen LogP contribution in [0, 0.1) is 5.41 Å². The smallest absolute Gasteiger partial charge is 0.221 e. The zero-order chi connectivity index (χ0) is 22.5. The van der Waals surface area contributed by atoms with E-state index in [-0.39, 0.29) is 5.91 Å². The zero-order valence-corrected chi connectivity index (χ0v) is 17.7. The summed E-state index contributed by atoms with van der Waals surface area (Å²) in [5.74, 6) is 1.07. The van der Waals surface area contributed by atoms with Gasteiger partial charge in [-0.15, -0.1) is 0 Å². The normalized spacial score (nSPS) is 17.7. The average molecular weight is 425 g/mol. The van der Waals surface area contributed by atoms with E-state index in [2.05, 4.69) is 10.6 Å². The Morgan fingerprint density at radius 1 is 1.09 bits per heavy atom. The van der Waals surface area contributed by atoms with Gasteiger partial charge in [-0.3, -0.25) is 4.79 Å². The highest BCUT2D eigenvalue weighted by Crippen LogP contribution is 2.28. The van der Waals surface area contributed by atoms with E-state index in [9.17, 15) is 4.79 Å². The summed E-state index contributed by atoms with van der Waals surface area (Å²) in [6, 6.07) is 15.2. The lowest BCUT2D eigenvalue weighted by atomic mass is 10.1. The van der Waals surface area contributed by atoms with Gasteiger partial charge < -0.3 is 21.8 Å². The van der Waals surface area contributed by atoms with Crippen LogP contribution in [0.15, 0.2) is 83.7 Å². The third-order valence-corrected chi connectivity index (χ3v) is 5.02. The highest BCUT2D eigenvalue weighted by molar-refractivity contribution is 5.92. The Bertz CT molecular complexity index is 1290.